The second-order valence-corrected chi connectivity index (χ2v) is 9.17. The molecular weight excluding hydrogens is 395 g/mol. The Morgan fingerprint density at radius 1 is 1.17 bits per heavy atom. The van der Waals surface area contributed by atoms with Crippen LogP contribution < -0.4 is 16.2 Å². The number of nitrogen functional groups attached to an aromatic ring is 1. The Bertz CT molecular complexity index is 999. The number of piperidine rings is 2. The molecule has 2 N–H and O–H groups in total. The third kappa shape index (κ3) is 3.29. The lowest BCUT2D eigenvalue weighted by molar-refractivity contribution is 0.0664. The average Bonchev–Trinajstić information content (AvgIpc) is 3.15. The van der Waals surface area contributed by atoms with Gasteiger partial charge in [-0.2, -0.15) is 0 Å². The van der Waals surface area contributed by atoms with Gasteiger partial charge in [-0.05, 0) is 37.3 Å². The maximum Gasteiger partial charge on any atom is 0.263 e. The van der Waals surface area contributed by atoms with E-state index in [1.165, 1.54) is 11.3 Å². The number of hydrogen-bond donors (Lipinski definition) is 1. The smallest absolute Gasteiger partial charge is 0.263 e. The molecule has 3 aliphatic heterocycles. The van der Waals surface area contributed by atoms with E-state index in [-0.39, 0.29) is 22.9 Å². The monoisotopic (exact) mass is 418 g/mol. The van der Waals surface area contributed by atoms with Crippen molar-refractivity contribution in [2.24, 2.45) is 5.92 Å². The number of hydrogen-bond acceptors (Lipinski definition) is 7. The number of likely N-dealkylation sites (tertiary alicyclic amines) is 1. The third-order valence-electron chi connectivity index (χ3n) is 6.25. The molecule has 2 saturated heterocycles. The molecule has 5 heterocycles. The van der Waals surface area contributed by atoms with E-state index < -0.39 is 6.17 Å². The summed E-state index contributed by atoms with van der Waals surface area (Å²) < 4.78 is 15.2. The minimum absolute atomic E-state index is 0.194. The molecule has 2 atom stereocenters. The van der Waals surface area contributed by atoms with E-state index in [4.69, 9.17) is 5.73 Å². The summed E-state index contributed by atoms with van der Waals surface area (Å²) in [6.07, 6.45) is 0.846. The molecule has 154 valence electrons. The lowest BCUT2D eigenvalue weighted by Crippen LogP contribution is -2.48. The minimum atomic E-state index is -0.852. The van der Waals surface area contributed by atoms with Gasteiger partial charge in [-0.3, -0.25) is 9.59 Å². The standard InChI is InChI=1S/C19H23FN6O2S/c20-13-3-5-24(6-4-13)16(27)14-1-2-15-12-7-11(9-26(15)17(14)28)8-25(10-12)19-23-22-18(21)29-19/h1-2,11-13H,3-10H2,(H2,21,22)/t11-,12+/m0/s1. The molecule has 2 aromatic rings. The highest BCUT2D eigenvalue weighted by Gasteiger charge is 2.37. The number of amides is 1. The zero-order valence-electron chi connectivity index (χ0n) is 16.0. The highest BCUT2D eigenvalue weighted by atomic mass is 32.1. The summed E-state index contributed by atoms with van der Waals surface area (Å²) in [5.74, 6) is 0.224. The van der Waals surface area contributed by atoms with Crippen molar-refractivity contribution in [2.75, 3.05) is 36.8 Å². The third-order valence-corrected chi connectivity index (χ3v) is 7.06. The first kappa shape index (κ1) is 18.5. The van der Waals surface area contributed by atoms with Gasteiger partial charge < -0.3 is 20.1 Å². The van der Waals surface area contributed by atoms with Crippen molar-refractivity contribution in [1.29, 1.82) is 0 Å². The number of halogens is 1. The maximum absolute atomic E-state index is 13.4. The van der Waals surface area contributed by atoms with Gasteiger partial charge in [0.15, 0.2) is 0 Å². The number of aromatic nitrogens is 3. The predicted molar refractivity (Wildman–Crippen MR) is 108 cm³/mol. The number of carbonyl (C=O) groups excluding carboxylic acids is 1. The van der Waals surface area contributed by atoms with Crippen LogP contribution in [0, 0.1) is 5.92 Å². The molecule has 0 aromatic carbocycles. The Labute approximate surface area is 171 Å². The molecule has 0 aliphatic carbocycles. The number of nitrogens with two attached hydrogens (primary N) is 1. The van der Waals surface area contributed by atoms with Crippen LogP contribution in [0.5, 0.6) is 0 Å². The van der Waals surface area contributed by atoms with Gasteiger partial charge in [0.05, 0.1) is 0 Å². The number of anilines is 2. The van der Waals surface area contributed by atoms with Crippen LogP contribution in [-0.4, -0.2) is 57.9 Å². The van der Waals surface area contributed by atoms with Crippen molar-refractivity contribution in [3.63, 3.8) is 0 Å². The number of pyridine rings is 1. The van der Waals surface area contributed by atoms with E-state index in [2.05, 4.69) is 15.1 Å². The van der Waals surface area contributed by atoms with Crippen LogP contribution in [-0.2, 0) is 6.54 Å². The first-order valence-corrected chi connectivity index (χ1v) is 10.8. The quantitative estimate of drug-likeness (QED) is 0.794. The highest BCUT2D eigenvalue weighted by Crippen LogP contribution is 2.38. The summed E-state index contributed by atoms with van der Waals surface area (Å²) in [5.41, 5.74) is 6.66. The summed E-state index contributed by atoms with van der Waals surface area (Å²) in [5, 5.41) is 9.33. The normalized spacial score (nSPS) is 24.4. The fraction of sp³-hybridized carbons (Fsp3) is 0.579. The lowest BCUT2D eigenvalue weighted by atomic mass is 9.83. The summed E-state index contributed by atoms with van der Waals surface area (Å²) in [6, 6.07) is 3.57. The topological polar surface area (TPSA) is 97.3 Å². The van der Waals surface area contributed by atoms with Crippen molar-refractivity contribution in [3.8, 4) is 0 Å². The van der Waals surface area contributed by atoms with Crippen LogP contribution in [0.3, 0.4) is 0 Å². The average molecular weight is 418 g/mol. The highest BCUT2D eigenvalue weighted by molar-refractivity contribution is 7.18. The van der Waals surface area contributed by atoms with E-state index in [9.17, 15) is 14.0 Å². The van der Waals surface area contributed by atoms with Crippen molar-refractivity contribution in [2.45, 2.75) is 37.9 Å². The summed E-state index contributed by atoms with van der Waals surface area (Å²) in [7, 11) is 0. The fourth-order valence-corrected chi connectivity index (χ4v) is 5.47. The van der Waals surface area contributed by atoms with Gasteiger partial charge in [-0.25, -0.2) is 4.39 Å². The Morgan fingerprint density at radius 3 is 2.69 bits per heavy atom. The first-order chi connectivity index (χ1) is 14.0. The maximum atomic E-state index is 13.4. The van der Waals surface area contributed by atoms with Crippen molar-refractivity contribution < 1.29 is 9.18 Å². The molecular formula is C19H23FN6O2S. The van der Waals surface area contributed by atoms with E-state index in [0.29, 0.717) is 43.5 Å². The van der Waals surface area contributed by atoms with E-state index in [1.807, 2.05) is 6.07 Å². The molecule has 2 bridgehead atoms. The predicted octanol–water partition coefficient (Wildman–Crippen LogP) is 1.48. The molecule has 0 unspecified atom stereocenters. The molecule has 8 nitrogen and oxygen atoms in total. The zero-order chi connectivity index (χ0) is 20.1. The summed E-state index contributed by atoms with van der Waals surface area (Å²) >= 11 is 1.38. The summed E-state index contributed by atoms with van der Waals surface area (Å²) in [6.45, 7) is 2.86. The summed E-state index contributed by atoms with van der Waals surface area (Å²) in [4.78, 5) is 29.8. The molecule has 0 spiro atoms. The first-order valence-electron chi connectivity index (χ1n) is 10.0. The van der Waals surface area contributed by atoms with Gasteiger partial charge >= 0.3 is 0 Å². The van der Waals surface area contributed by atoms with E-state index in [0.717, 1.165) is 30.3 Å². The molecule has 0 saturated carbocycles. The fourth-order valence-electron chi connectivity index (χ4n) is 4.84. The number of carbonyl (C=O) groups is 1. The van der Waals surface area contributed by atoms with Crippen LogP contribution in [0.2, 0.25) is 0 Å². The molecule has 5 rings (SSSR count). The number of fused-ring (bicyclic) bond motifs is 4. The second kappa shape index (κ2) is 7.08. The molecule has 1 amide bonds. The Balaban J connectivity index is 1.41. The molecule has 2 aromatic heterocycles. The van der Waals surface area contributed by atoms with Gasteiger partial charge in [0.25, 0.3) is 11.5 Å². The Kier molecular flexibility index (Phi) is 4.53. The minimum Gasteiger partial charge on any atom is -0.374 e. The van der Waals surface area contributed by atoms with Gasteiger partial charge in [0.1, 0.15) is 11.7 Å². The van der Waals surface area contributed by atoms with Crippen LogP contribution in [0.15, 0.2) is 16.9 Å². The number of alkyl halides is 1. The Hall–Kier alpha value is -2.49. The molecule has 2 fully saturated rings. The van der Waals surface area contributed by atoms with Crippen molar-refractivity contribution >= 4 is 27.5 Å². The van der Waals surface area contributed by atoms with Gasteiger partial charge in [0, 0.05) is 44.3 Å². The van der Waals surface area contributed by atoms with Crippen LogP contribution in [0.4, 0.5) is 14.7 Å². The molecule has 0 radical (unpaired) electrons. The van der Waals surface area contributed by atoms with Gasteiger partial charge in [0.2, 0.25) is 10.3 Å². The molecule has 3 aliphatic rings. The van der Waals surface area contributed by atoms with E-state index in [1.54, 1.807) is 15.5 Å². The van der Waals surface area contributed by atoms with Gasteiger partial charge in [-0.1, -0.05) is 11.3 Å². The van der Waals surface area contributed by atoms with Crippen LogP contribution in [0.25, 0.3) is 0 Å². The Morgan fingerprint density at radius 2 is 1.97 bits per heavy atom. The van der Waals surface area contributed by atoms with Crippen LogP contribution >= 0.6 is 11.3 Å². The number of nitrogens with zero attached hydrogens (tertiary/aromatic N) is 5. The lowest BCUT2D eigenvalue weighted by Gasteiger charge is -2.42. The van der Waals surface area contributed by atoms with Gasteiger partial charge in [-0.15, -0.1) is 10.2 Å². The molecule has 10 heteroatoms. The number of rotatable bonds is 2. The zero-order valence-corrected chi connectivity index (χ0v) is 16.8. The SMILES string of the molecule is Nc1nnc(N2C[C@@H]3C[C@H](C2)c2ccc(C(=O)N4CCC(F)CC4)c(=O)n2C3)s1. The molecule has 29 heavy (non-hydrogen) atoms. The van der Waals surface area contributed by atoms with Crippen LogP contribution in [0.1, 0.15) is 41.2 Å². The van der Waals surface area contributed by atoms with E-state index >= 15 is 0 Å². The van der Waals surface area contributed by atoms with Crippen molar-refractivity contribution in [3.05, 3.63) is 33.7 Å². The second-order valence-electron chi connectivity index (χ2n) is 8.18. The largest absolute Gasteiger partial charge is 0.374 e. The van der Waals surface area contributed by atoms with Crippen molar-refractivity contribution in [1.82, 2.24) is 19.7 Å².